The number of thiophene rings is 1. The van der Waals surface area contributed by atoms with Crippen LogP contribution in [0.2, 0.25) is 10.0 Å². The highest BCUT2D eigenvalue weighted by Gasteiger charge is 2.33. The molecule has 1 atom stereocenters. The van der Waals surface area contributed by atoms with Gasteiger partial charge in [0.25, 0.3) is 5.91 Å². The van der Waals surface area contributed by atoms with E-state index in [1.165, 1.54) is 21.1 Å². The molecule has 0 spiro atoms. The molecule has 4 heterocycles. The smallest absolute Gasteiger partial charge is 0.327 e. The van der Waals surface area contributed by atoms with Crippen molar-refractivity contribution in [3.63, 3.8) is 0 Å². The van der Waals surface area contributed by atoms with Gasteiger partial charge in [-0.1, -0.05) is 23.2 Å². The quantitative estimate of drug-likeness (QED) is 0.527. The van der Waals surface area contributed by atoms with E-state index in [1.54, 1.807) is 19.3 Å². The molecule has 0 saturated carbocycles. The summed E-state index contributed by atoms with van der Waals surface area (Å²) in [4.78, 5) is 32.6. The van der Waals surface area contributed by atoms with Gasteiger partial charge in [-0.2, -0.15) is 0 Å². The van der Waals surface area contributed by atoms with Gasteiger partial charge in [0.2, 0.25) is 0 Å². The molecule has 7 nitrogen and oxygen atoms in total. The van der Waals surface area contributed by atoms with Gasteiger partial charge in [0.1, 0.15) is 6.54 Å². The van der Waals surface area contributed by atoms with Crippen LogP contribution in [0.15, 0.2) is 30.5 Å². The summed E-state index contributed by atoms with van der Waals surface area (Å²) in [5.74, 6) is -0.196. The van der Waals surface area contributed by atoms with Crippen LogP contribution in [0.25, 0.3) is 21.3 Å². The van der Waals surface area contributed by atoms with Crippen molar-refractivity contribution in [2.75, 3.05) is 33.3 Å². The monoisotopic (exact) mass is 504 g/mol. The maximum Gasteiger partial charge on any atom is 0.327 e. The van der Waals surface area contributed by atoms with E-state index in [-0.39, 0.29) is 31.1 Å². The number of imide groups is 1. The summed E-state index contributed by atoms with van der Waals surface area (Å²) in [5.41, 5.74) is 3.69. The number of urea groups is 1. The Morgan fingerprint density at radius 2 is 2.09 bits per heavy atom. The van der Waals surface area contributed by atoms with E-state index in [1.807, 2.05) is 18.2 Å². The Hall–Kier alpha value is -2.23. The molecule has 172 valence electrons. The minimum atomic E-state index is -0.282. The lowest BCUT2D eigenvalue weighted by molar-refractivity contribution is -0.125. The number of fused-ring (bicyclic) bond motifs is 1. The number of ether oxygens (including phenoxy) is 1. The summed E-state index contributed by atoms with van der Waals surface area (Å²) in [6, 6.07) is 7.29. The lowest BCUT2D eigenvalue weighted by Crippen LogP contribution is -2.39. The molecular formula is C23H22Cl2N4O3S. The van der Waals surface area contributed by atoms with Crippen molar-refractivity contribution >= 4 is 56.7 Å². The van der Waals surface area contributed by atoms with Crippen LogP contribution in [0.4, 0.5) is 4.79 Å². The topological polar surface area (TPSA) is 74.8 Å². The molecule has 33 heavy (non-hydrogen) atoms. The van der Waals surface area contributed by atoms with Gasteiger partial charge in [0.05, 0.1) is 29.5 Å². The van der Waals surface area contributed by atoms with Crippen molar-refractivity contribution in [3.05, 3.63) is 50.9 Å². The Morgan fingerprint density at radius 3 is 2.82 bits per heavy atom. The fourth-order valence-electron chi connectivity index (χ4n) is 4.29. The lowest BCUT2D eigenvalue weighted by Gasteiger charge is -2.25. The third-order valence-corrected chi connectivity index (χ3v) is 7.59. The van der Waals surface area contributed by atoms with Crippen LogP contribution in [0.5, 0.6) is 0 Å². The van der Waals surface area contributed by atoms with Gasteiger partial charge in [-0.05, 0) is 35.4 Å². The first-order valence-corrected chi connectivity index (χ1v) is 12.2. The van der Waals surface area contributed by atoms with Crippen molar-refractivity contribution in [1.29, 1.82) is 0 Å². The number of rotatable bonds is 5. The van der Waals surface area contributed by atoms with Crippen LogP contribution >= 0.6 is 34.5 Å². The molecule has 3 aromatic rings. The summed E-state index contributed by atoms with van der Waals surface area (Å²) in [6.45, 7) is 2.61. The third kappa shape index (κ3) is 4.46. The van der Waals surface area contributed by atoms with E-state index in [0.29, 0.717) is 23.1 Å². The van der Waals surface area contributed by atoms with Gasteiger partial charge < -0.3 is 15.0 Å². The molecule has 2 fully saturated rings. The Balaban J connectivity index is 1.54. The molecule has 1 N–H and O–H groups in total. The maximum absolute atomic E-state index is 12.3. The SMILES string of the molecule is CN1CC(=O)N(Cc2cc3nccc(-c4cc(Cl)cc(Cl)c4CC4CNCCO4)c3s2)C1=O. The van der Waals surface area contributed by atoms with Crippen LogP contribution in [-0.4, -0.2) is 66.1 Å². The van der Waals surface area contributed by atoms with Crippen molar-refractivity contribution in [1.82, 2.24) is 20.1 Å². The normalized spacial score (nSPS) is 19.2. The zero-order valence-electron chi connectivity index (χ0n) is 17.9. The van der Waals surface area contributed by atoms with Gasteiger partial charge in [-0.25, -0.2) is 4.79 Å². The largest absolute Gasteiger partial charge is 0.375 e. The van der Waals surface area contributed by atoms with Crippen LogP contribution in [-0.2, 0) is 22.5 Å². The number of likely N-dealkylation sites (N-methyl/N-ethyl adjacent to an activating group) is 1. The van der Waals surface area contributed by atoms with Crippen molar-refractivity contribution in [2.45, 2.75) is 19.1 Å². The highest BCUT2D eigenvalue weighted by Crippen LogP contribution is 2.40. The predicted molar refractivity (Wildman–Crippen MR) is 130 cm³/mol. The molecule has 2 aliphatic rings. The molecule has 1 aromatic carbocycles. The van der Waals surface area contributed by atoms with Gasteiger partial charge >= 0.3 is 6.03 Å². The average Bonchev–Trinajstić information content (AvgIpc) is 3.31. The lowest BCUT2D eigenvalue weighted by atomic mass is 9.95. The third-order valence-electron chi connectivity index (χ3n) is 5.89. The number of hydrogen-bond donors (Lipinski definition) is 1. The van der Waals surface area contributed by atoms with E-state index in [2.05, 4.69) is 10.3 Å². The van der Waals surface area contributed by atoms with Gasteiger partial charge in [-0.3, -0.25) is 14.7 Å². The Bertz CT molecular complexity index is 1240. The van der Waals surface area contributed by atoms with Crippen molar-refractivity contribution < 1.29 is 14.3 Å². The molecule has 10 heteroatoms. The van der Waals surface area contributed by atoms with Gasteiger partial charge in [0.15, 0.2) is 0 Å². The number of aromatic nitrogens is 1. The number of nitrogens with one attached hydrogen (secondary N) is 1. The second-order valence-electron chi connectivity index (χ2n) is 8.22. The van der Waals surface area contributed by atoms with E-state index >= 15 is 0 Å². The molecule has 2 saturated heterocycles. The van der Waals surface area contributed by atoms with Crippen LogP contribution in [0.3, 0.4) is 0 Å². The van der Waals surface area contributed by atoms with Crippen LogP contribution in [0.1, 0.15) is 10.4 Å². The number of amides is 3. The maximum atomic E-state index is 12.3. The van der Waals surface area contributed by atoms with Crippen LogP contribution in [0, 0.1) is 0 Å². The number of carbonyl (C=O) groups excluding carboxylic acids is 2. The highest BCUT2D eigenvalue weighted by molar-refractivity contribution is 7.19. The molecule has 0 radical (unpaired) electrons. The highest BCUT2D eigenvalue weighted by atomic mass is 35.5. The summed E-state index contributed by atoms with van der Waals surface area (Å²) in [5, 5.41) is 4.51. The molecule has 1 unspecified atom stereocenters. The number of halogens is 2. The first-order chi connectivity index (χ1) is 15.9. The average molecular weight is 505 g/mol. The first-order valence-electron chi connectivity index (χ1n) is 10.6. The standard InChI is InChI=1S/C23H22Cl2N4O3S/c1-28-12-21(30)29(23(28)31)11-15-9-20-22(33-15)16(2-3-27-20)17-6-13(24)7-19(25)18(17)8-14-10-26-4-5-32-14/h2-3,6-7,9,14,26H,4-5,8,10-12H2,1H3. The summed E-state index contributed by atoms with van der Waals surface area (Å²) in [7, 11) is 1.63. The fraction of sp³-hybridized carbons (Fsp3) is 0.348. The molecule has 0 aliphatic carbocycles. The molecular weight excluding hydrogens is 483 g/mol. The predicted octanol–water partition coefficient (Wildman–Crippen LogP) is 4.20. The molecule has 2 aliphatic heterocycles. The zero-order valence-corrected chi connectivity index (χ0v) is 20.3. The number of nitrogens with zero attached hydrogens (tertiary/aromatic N) is 3. The second-order valence-corrected chi connectivity index (χ2v) is 10.2. The van der Waals surface area contributed by atoms with E-state index in [9.17, 15) is 9.59 Å². The van der Waals surface area contributed by atoms with E-state index in [0.717, 1.165) is 44.9 Å². The molecule has 3 amide bonds. The summed E-state index contributed by atoms with van der Waals surface area (Å²) in [6.07, 6.45) is 2.44. The summed E-state index contributed by atoms with van der Waals surface area (Å²) < 4.78 is 6.88. The van der Waals surface area contributed by atoms with E-state index in [4.69, 9.17) is 27.9 Å². The molecule has 5 rings (SSSR count). The number of morpholine rings is 1. The van der Waals surface area contributed by atoms with Crippen molar-refractivity contribution in [2.24, 2.45) is 0 Å². The number of benzene rings is 1. The Morgan fingerprint density at radius 1 is 1.24 bits per heavy atom. The van der Waals surface area contributed by atoms with Crippen LogP contribution < -0.4 is 5.32 Å². The van der Waals surface area contributed by atoms with Gasteiger partial charge in [0, 0.05) is 53.2 Å². The second kappa shape index (κ2) is 9.19. The van der Waals surface area contributed by atoms with Crippen molar-refractivity contribution in [3.8, 4) is 11.1 Å². The zero-order chi connectivity index (χ0) is 23.1. The fourth-order valence-corrected chi connectivity index (χ4v) is 5.99. The summed E-state index contributed by atoms with van der Waals surface area (Å²) >= 11 is 14.6. The number of pyridine rings is 1. The molecule has 2 aromatic heterocycles. The minimum Gasteiger partial charge on any atom is -0.375 e. The van der Waals surface area contributed by atoms with Gasteiger partial charge in [-0.15, -0.1) is 11.3 Å². The van der Waals surface area contributed by atoms with E-state index < -0.39 is 0 Å². The number of carbonyl (C=O) groups is 2. The Kier molecular flexibility index (Phi) is 6.28. The number of hydrogen-bond acceptors (Lipinski definition) is 6. The Labute approximate surface area is 205 Å². The molecule has 0 bridgehead atoms. The minimum absolute atomic E-state index is 0.0246. The first kappa shape index (κ1) is 22.6.